The van der Waals surface area contributed by atoms with Gasteiger partial charge in [-0.3, -0.25) is 4.79 Å². The molecule has 0 unspecified atom stereocenters. The molecule has 118 valence electrons. The molecular formula is C16H10ClN5OS. The highest BCUT2D eigenvalue weighted by molar-refractivity contribution is 7.19. The number of fused-ring (bicyclic) bond motifs is 1. The van der Waals surface area contributed by atoms with Crippen LogP contribution in [-0.4, -0.2) is 25.7 Å². The van der Waals surface area contributed by atoms with Crippen LogP contribution >= 0.6 is 22.9 Å². The largest absolute Gasteiger partial charge is 0.322 e. The molecule has 2 aromatic heterocycles. The summed E-state index contributed by atoms with van der Waals surface area (Å²) in [4.78, 5) is 12.9. The Morgan fingerprint density at radius 2 is 2.00 bits per heavy atom. The van der Waals surface area contributed by atoms with Crippen molar-refractivity contribution in [3.05, 3.63) is 65.4 Å². The first-order chi connectivity index (χ1) is 11.7. The second kappa shape index (κ2) is 6.03. The Morgan fingerprint density at radius 3 is 2.75 bits per heavy atom. The molecule has 0 aliphatic heterocycles. The summed E-state index contributed by atoms with van der Waals surface area (Å²) in [7, 11) is 0. The highest BCUT2D eigenvalue weighted by Gasteiger charge is 2.09. The van der Waals surface area contributed by atoms with Gasteiger partial charge in [-0.05, 0) is 42.5 Å². The van der Waals surface area contributed by atoms with Crippen molar-refractivity contribution < 1.29 is 4.79 Å². The average molecular weight is 356 g/mol. The number of benzene rings is 2. The molecule has 0 fully saturated rings. The number of anilines is 1. The van der Waals surface area contributed by atoms with Gasteiger partial charge in [-0.2, -0.15) is 9.61 Å². The average Bonchev–Trinajstić information content (AvgIpc) is 3.17. The van der Waals surface area contributed by atoms with Crippen LogP contribution in [0.25, 0.3) is 15.5 Å². The maximum absolute atomic E-state index is 12.2. The van der Waals surface area contributed by atoms with E-state index in [1.54, 1.807) is 35.1 Å². The number of nitrogens with one attached hydrogen (secondary N) is 1. The highest BCUT2D eigenvalue weighted by atomic mass is 35.5. The van der Waals surface area contributed by atoms with Gasteiger partial charge >= 0.3 is 0 Å². The van der Waals surface area contributed by atoms with Crippen LogP contribution in [-0.2, 0) is 0 Å². The summed E-state index contributed by atoms with van der Waals surface area (Å²) >= 11 is 7.36. The van der Waals surface area contributed by atoms with E-state index < -0.39 is 0 Å². The van der Waals surface area contributed by atoms with E-state index in [1.165, 1.54) is 11.3 Å². The summed E-state index contributed by atoms with van der Waals surface area (Å²) in [6.07, 6.45) is 1.56. The van der Waals surface area contributed by atoms with Gasteiger partial charge in [-0.1, -0.05) is 29.0 Å². The molecule has 8 heteroatoms. The standard InChI is InChI=1S/C16H10ClN5OS/c17-12-3-1-2-11(8-12)14(23)19-13-6-4-10(5-7-13)15-21-22-9-18-20-16(22)24-15/h1-9H,(H,19,23). The van der Waals surface area contributed by atoms with Gasteiger partial charge in [0.2, 0.25) is 4.96 Å². The van der Waals surface area contributed by atoms with E-state index in [4.69, 9.17) is 11.6 Å². The molecule has 0 atom stereocenters. The van der Waals surface area contributed by atoms with E-state index in [2.05, 4.69) is 20.6 Å². The molecule has 1 amide bonds. The Balaban J connectivity index is 1.53. The quantitative estimate of drug-likeness (QED) is 0.607. The fourth-order valence-electron chi connectivity index (χ4n) is 2.21. The summed E-state index contributed by atoms with van der Waals surface area (Å²) in [6.45, 7) is 0. The SMILES string of the molecule is O=C(Nc1ccc(-c2nn3cnnc3s2)cc1)c1cccc(Cl)c1. The second-order valence-electron chi connectivity index (χ2n) is 5.01. The van der Waals surface area contributed by atoms with Crippen LogP contribution in [0.15, 0.2) is 54.9 Å². The van der Waals surface area contributed by atoms with Crippen LogP contribution in [0.2, 0.25) is 5.02 Å². The van der Waals surface area contributed by atoms with E-state index in [0.717, 1.165) is 15.5 Å². The molecule has 2 heterocycles. The Kier molecular flexibility index (Phi) is 3.72. The molecule has 24 heavy (non-hydrogen) atoms. The number of hydrogen-bond acceptors (Lipinski definition) is 5. The Labute approximate surface area is 145 Å². The highest BCUT2D eigenvalue weighted by Crippen LogP contribution is 2.26. The van der Waals surface area contributed by atoms with Gasteiger partial charge in [0, 0.05) is 21.8 Å². The summed E-state index contributed by atoms with van der Waals surface area (Å²) in [5, 5.41) is 16.4. The first-order valence-corrected chi connectivity index (χ1v) is 8.23. The maximum Gasteiger partial charge on any atom is 0.255 e. The zero-order chi connectivity index (χ0) is 16.5. The predicted molar refractivity (Wildman–Crippen MR) is 93.5 cm³/mol. The molecule has 4 aromatic rings. The minimum Gasteiger partial charge on any atom is -0.322 e. The smallest absolute Gasteiger partial charge is 0.255 e. The van der Waals surface area contributed by atoms with E-state index in [9.17, 15) is 4.79 Å². The Morgan fingerprint density at radius 1 is 1.17 bits per heavy atom. The van der Waals surface area contributed by atoms with Gasteiger partial charge in [-0.15, -0.1) is 10.2 Å². The number of halogens is 1. The summed E-state index contributed by atoms with van der Waals surface area (Å²) < 4.78 is 1.63. The van der Waals surface area contributed by atoms with Gasteiger partial charge in [0.15, 0.2) is 0 Å². The van der Waals surface area contributed by atoms with Crippen LogP contribution in [0.1, 0.15) is 10.4 Å². The molecule has 0 saturated heterocycles. The molecule has 6 nitrogen and oxygen atoms in total. The van der Waals surface area contributed by atoms with Crippen molar-refractivity contribution in [2.24, 2.45) is 0 Å². The van der Waals surface area contributed by atoms with Gasteiger partial charge in [0.25, 0.3) is 5.91 Å². The summed E-state index contributed by atoms with van der Waals surface area (Å²) in [5.74, 6) is -0.205. The third kappa shape index (κ3) is 2.86. The fourth-order valence-corrected chi connectivity index (χ4v) is 3.22. The third-order valence-corrected chi connectivity index (χ3v) is 4.56. The molecule has 0 spiro atoms. The number of hydrogen-bond donors (Lipinski definition) is 1. The van der Waals surface area contributed by atoms with Gasteiger partial charge in [0.1, 0.15) is 11.3 Å². The van der Waals surface area contributed by atoms with E-state index >= 15 is 0 Å². The second-order valence-corrected chi connectivity index (χ2v) is 6.40. The van der Waals surface area contributed by atoms with Crippen LogP contribution in [0.3, 0.4) is 0 Å². The number of amides is 1. The minimum absolute atomic E-state index is 0.205. The molecule has 0 radical (unpaired) electrons. The van der Waals surface area contributed by atoms with Crippen LogP contribution in [0.5, 0.6) is 0 Å². The minimum atomic E-state index is -0.205. The maximum atomic E-state index is 12.2. The first-order valence-electron chi connectivity index (χ1n) is 7.03. The van der Waals surface area contributed by atoms with Crippen molar-refractivity contribution in [2.45, 2.75) is 0 Å². The summed E-state index contributed by atoms with van der Waals surface area (Å²) in [5.41, 5.74) is 2.17. The molecule has 0 aliphatic carbocycles. The number of carbonyl (C=O) groups is 1. The number of nitrogens with zero attached hydrogens (tertiary/aromatic N) is 4. The lowest BCUT2D eigenvalue weighted by atomic mass is 10.2. The number of carbonyl (C=O) groups excluding carboxylic acids is 1. The van der Waals surface area contributed by atoms with Crippen molar-refractivity contribution in [3.63, 3.8) is 0 Å². The predicted octanol–water partition coefficient (Wildman–Crippen LogP) is 3.76. The normalized spacial score (nSPS) is 10.9. The lowest BCUT2D eigenvalue weighted by molar-refractivity contribution is 0.102. The zero-order valence-electron chi connectivity index (χ0n) is 12.2. The Bertz CT molecular complexity index is 996. The van der Waals surface area contributed by atoms with Gasteiger partial charge < -0.3 is 5.32 Å². The van der Waals surface area contributed by atoms with Gasteiger partial charge in [-0.25, -0.2) is 0 Å². The fraction of sp³-hybridized carbons (Fsp3) is 0. The molecule has 0 saturated carbocycles. The number of rotatable bonds is 3. The molecular weight excluding hydrogens is 346 g/mol. The molecule has 2 aromatic carbocycles. The van der Waals surface area contributed by atoms with Crippen molar-refractivity contribution in [2.75, 3.05) is 5.32 Å². The van der Waals surface area contributed by atoms with Crippen LogP contribution < -0.4 is 5.32 Å². The molecule has 0 bridgehead atoms. The van der Waals surface area contributed by atoms with Gasteiger partial charge in [0.05, 0.1) is 0 Å². The van der Waals surface area contributed by atoms with Crippen LogP contribution in [0.4, 0.5) is 5.69 Å². The van der Waals surface area contributed by atoms with E-state index in [1.807, 2.05) is 24.3 Å². The first kappa shape index (κ1) is 14.8. The van der Waals surface area contributed by atoms with Crippen molar-refractivity contribution in [1.29, 1.82) is 0 Å². The number of aromatic nitrogens is 4. The summed E-state index contributed by atoms with van der Waals surface area (Å²) in [6, 6.07) is 14.3. The Hall–Kier alpha value is -2.77. The molecule has 1 N–H and O–H groups in total. The van der Waals surface area contributed by atoms with Crippen molar-refractivity contribution in [1.82, 2.24) is 19.8 Å². The monoisotopic (exact) mass is 355 g/mol. The van der Waals surface area contributed by atoms with E-state index in [0.29, 0.717) is 16.3 Å². The van der Waals surface area contributed by atoms with Crippen LogP contribution in [0, 0.1) is 0 Å². The molecule has 0 aliphatic rings. The zero-order valence-corrected chi connectivity index (χ0v) is 13.8. The lowest BCUT2D eigenvalue weighted by Gasteiger charge is -2.06. The molecule has 4 rings (SSSR count). The third-order valence-electron chi connectivity index (χ3n) is 3.36. The van der Waals surface area contributed by atoms with E-state index in [-0.39, 0.29) is 5.91 Å². The topological polar surface area (TPSA) is 72.2 Å². The lowest BCUT2D eigenvalue weighted by Crippen LogP contribution is -2.11. The van der Waals surface area contributed by atoms with Crippen molar-refractivity contribution >= 4 is 39.5 Å². The van der Waals surface area contributed by atoms with Crippen molar-refractivity contribution in [3.8, 4) is 10.6 Å².